The average Bonchev–Trinajstić information content (AvgIpc) is 2.89. The fourth-order valence-corrected chi connectivity index (χ4v) is 1.52. The molecule has 2 heterocycles. The Kier molecular flexibility index (Phi) is 3.74. The Balaban J connectivity index is 2.25. The van der Waals surface area contributed by atoms with E-state index in [0.717, 1.165) is 16.9 Å². The number of halogens is 3. The van der Waals surface area contributed by atoms with Crippen molar-refractivity contribution in [1.29, 1.82) is 0 Å². The number of nitrogens with zero attached hydrogens (tertiary/aromatic N) is 4. The van der Waals surface area contributed by atoms with Crippen molar-refractivity contribution < 1.29 is 18.1 Å². The van der Waals surface area contributed by atoms with Gasteiger partial charge in [-0.15, -0.1) is 0 Å². The van der Waals surface area contributed by atoms with Crippen molar-refractivity contribution >= 4 is 6.08 Å². The molecule has 0 saturated heterocycles. The number of allylic oxidation sites excluding steroid dienone is 1. The lowest BCUT2D eigenvalue weighted by molar-refractivity contribution is -0.422. The van der Waals surface area contributed by atoms with Crippen LogP contribution in [0.3, 0.4) is 0 Å². The van der Waals surface area contributed by atoms with Crippen LogP contribution in [0.15, 0.2) is 36.3 Å². The highest BCUT2D eigenvalue weighted by Gasteiger charge is 2.33. The Morgan fingerprint density at radius 3 is 2.57 bits per heavy atom. The number of nitro groups is 1. The smallest absolute Gasteiger partial charge is 0.259 e. The van der Waals surface area contributed by atoms with Crippen molar-refractivity contribution in [3.8, 4) is 5.82 Å². The summed E-state index contributed by atoms with van der Waals surface area (Å²) in [7, 11) is 0. The molecule has 0 aliphatic rings. The molecular formula is C12H9F3N4O2. The second kappa shape index (κ2) is 5.35. The number of hydrogen-bond donors (Lipinski definition) is 0. The summed E-state index contributed by atoms with van der Waals surface area (Å²) in [5.41, 5.74) is -0.614. The van der Waals surface area contributed by atoms with Gasteiger partial charge in [0.1, 0.15) is 0 Å². The molecular weight excluding hydrogens is 289 g/mol. The van der Waals surface area contributed by atoms with Crippen LogP contribution in [-0.2, 0) is 6.18 Å². The van der Waals surface area contributed by atoms with Gasteiger partial charge in [0.05, 0.1) is 4.92 Å². The Morgan fingerprint density at radius 1 is 1.38 bits per heavy atom. The summed E-state index contributed by atoms with van der Waals surface area (Å²) in [4.78, 5) is 13.9. The highest BCUT2D eigenvalue weighted by molar-refractivity contribution is 5.50. The molecule has 0 N–H and O–H groups in total. The Bertz CT molecular complexity index is 689. The van der Waals surface area contributed by atoms with Crippen molar-refractivity contribution in [2.75, 3.05) is 0 Å². The van der Waals surface area contributed by atoms with Crippen molar-refractivity contribution in [2.45, 2.75) is 13.1 Å². The SMILES string of the molecule is C/C(=C\c1ccc(-n2ccc(C(F)(F)F)n2)nc1)[N+](=O)[O-]. The van der Waals surface area contributed by atoms with Crippen molar-refractivity contribution in [1.82, 2.24) is 14.8 Å². The third kappa shape index (κ3) is 3.44. The summed E-state index contributed by atoms with van der Waals surface area (Å²) in [5.74, 6) is 0.182. The van der Waals surface area contributed by atoms with Crippen LogP contribution in [0.2, 0.25) is 0 Å². The zero-order chi connectivity index (χ0) is 15.6. The second-order valence-corrected chi connectivity index (χ2v) is 4.14. The molecule has 0 saturated carbocycles. The summed E-state index contributed by atoms with van der Waals surface area (Å²) in [6.45, 7) is 1.33. The predicted molar refractivity (Wildman–Crippen MR) is 67.0 cm³/mol. The van der Waals surface area contributed by atoms with E-state index in [4.69, 9.17) is 0 Å². The van der Waals surface area contributed by atoms with Crippen LogP contribution in [0.25, 0.3) is 11.9 Å². The van der Waals surface area contributed by atoms with E-state index in [-0.39, 0.29) is 11.5 Å². The molecule has 0 unspecified atom stereocenters. The fourth-order valence-electron chi connectivity index (χ4n) is 1.52. The van der Waals surface area contributed by atoms with Crippen LogP contribution in [0.4, 0.5) is 13.2 Å². The highest BCUT2D eigenvalue weighted by atomic mass is 19.4. The minimum atomic E-state index is -4.52. The predicted octanol–water partition coefficient (Wildman–Crippen LogP) is 2.92. The second-order valence-electron chi connectivity index (χ2n) is 4.14. The molecule has 6 nitrogen and oxygen atoms in total. The summed E-state index contributed by atoms with van der Waals surface area (Å²) >= 11 is 0. The first-order chi connectivity index (χ1) is 9.77. The number of hydrogen-bond acceptors (Lipinski definition) is 4. The molecule has 2 rings (SSSR count). The normalized spacial score (nSPS) is 12.5. The van der Waals surface area contributed by atoms with Gasteiger partial charge in [-0.1, -0.05) is 0 Å². The molecule has 0 aromatic carbocycles. The van der Waals surface area contributed by atoms with E-state index in [9.17, 15) is 23.3 Å². The van der Waals surface area contributed by atoms with Crippen LogP contribution < -0.4 is 0 Å². The Labute approximate surface area is 116 Å². The van der Waals surface area contributed by atoms with Crippen LogP contribution in [0.5, 0.6) is 0 Å². The lowest BCUT2D eigenvalue weighted by Crippen LogP contribution is -2.07. The molecule has 9 heteroatoms. The van der Waals surface area contributed by atoms with E-state index in [0.29, 0.717) is 5.56 Å². The minimum Gasteiger partial charge on any atom is -0.259 e. The molecule has 0 aliphatic carbocycles. The molecule has 0 radical (unpaired) electrons. The topological polar surface area (TPSA) is 73.8 Å². The molecule has 0 atom stereocenters. The first kappa shape index (κ1) is 14.7. The maximum absolute atomic E-state index is 12.4. The summed E-state index contributed by atoms with van der Waals surface area (Å²) in [5, 5.41) is 13.9. The number of aromatic nitrogens is 3. The monoisotopic (exact) mass is 298 g/mol. The molecule has 2 aromatic heterocycles. The van der Waals surface area contributed by atoms with Crippen molar-refractivity contribution in [3.05, 3.63) is 57.7 Å². The Hall–Kier alpha value is -2.71. The van der Waals surface area contributed by atoms with Gasteiger partial charge in [0, 0.05) is 25.4 Å². The van der Waals surface area contributed by atoms with Crippen LogP contribution in [0, 0.1) is 10.1 Å². The van der Waals surface area contributed by atoms with Crippen LogP contribution in [0.1, 0.15) is 18.2 Å². The van der Waals surface area contributed by atoms with Gasteiger partial charge in [0.25, 0.3) is 0 Å². The maximum atomic E-state index is 12.4. The summed E-state index contributed by atoms with van der Waals surface area (Å²) < 4.78 is 38.3. The van der Waals surface area contributed by atoms with Gasteiger partial charge in [0.15, 0.2) is 11.5 Å². The molecule has 0 bridgehead atoms. The fraction of sp³-hybridized carbons (Fsp3) is 0.167. The number of pyridine rings is 1. The molecule has 110 valence electrons. The quantitative estimate of drug-likeness (QED) is 0.645. The molecule has 21 heavy (non-hydrogen) atoms. The van der Waals surface area contributed by atoms with E-state index in [1.54, 1.807) is 0 Å². The van der Waals surface area contributed by atoms with Crippen LogP contribution in [-0.4, -0.2) is 19.7 Å². The average molecular weight is 298 g/mol. The number of rotatable bonds is 3. The standard InChI is InChI=1S/C12H9F3N4O2/c1-8(19(20)21)6-9-2-3-11(16-7-9)18-5-4-10(17-18)12(13,14)15/h2-7H,1H3/b8-6+. The Morgan fingerprint density at radius 2 is 2.10 bits per heavy atom. The highest BCUT2D eigenvalue weighted by Crippen LogP contribution is 2.27. The van der Waals surface area contributed by atoms with E-state index >= 15 is 0 Å². The summed E-state index contributed by atoms with van der Waals surface area (Å²) in [6.07, 6.45) is -0.752. The lowest BCUT2D eigenvalue weighted by atomic mass is 10.2. The van der Waals surface area contributed by atoms with Gasteiger partial charge < -0.3 is 0 Å². The molecule has 0 fully saturated rings. The molecule has 0 spiro atoms. The van der Waals surface area contributed by atoms with Gasteiger partial charge in [0.2, 0.25) is 5.70 Å². The molecule has 2 aromatic rings. The third-order valence-electron chi connectivity index (χ3n) is 2.55. The van der Waals surface area contributed by atoms with Gasteiger partial charge >= 0.3 is 6.18 Å². The molecule has 0 aliphatic heterocycles. The van der Waals surface area contributed by atoms with Gasteiger partial charge in [-0.3, -0.25) is 10.1 Å². The van der Waals surface area contributed by atoms with Crippen molar-refractivity contribution in [3.63, 3.8) is 0 Å². The lowest BCUT2D eigenvalue weighted by Gasteiger charge is -2.02. The number of alkyl halides is 3. The first-order valence-electron chi connectivity index (χ1n) is 5.69. The minimum absolute atomic E-state index is 0.0667. The van der Waals surface area contributed by atoms with Gasteiger partial charge in [-0.05, 0) is 23.8 Å². The van der Waals surface area contributed by atoms with E-state index < -0.39 is 16.8 Å². The molecule has 0 amide bonds. The largest absolute Gasteiger partial charge is 0.435 e. The van der Waals surface area contributed by atoms with E-state index in [2.05, 4.69) is 10.1 Å². The van der Waals surface area contributed by atoms with Crippen molar-refractivity contribution in [2.24, 2.45) is 0 Å². The first-order valence-corrected chi connectivity index (χ1v) is 5.69. The van der Waals surface area contributed by atoms with E-state index in [1.807, 2.05) is 0 Å². The summed E-state index contributed by atoms with van der Waals surface area (Å²) in [6, 6.07) is 3.77. The van der Waals surface area contributed by atoms with Gasteiger partial charge in [-0.25, -0.2) is 9.67 Å². The third-order valence-corrected chi connectivity index (χ3v) is 2.55. The van der Waals surface area contributed by atoms with Gasteiger partial charge in [-0.2, -0.15) is 18.3 Å². The van der Waals surface area contributed by atoms with E-state index in [1.165, 1.54) is 31.3 Å². The van der Waals surface area contributed by atoms with Crippen LogP contribution >= 0.6 is 0 Å². The zero-order valence-electron chi connectivity index (χ0n) is 10.7. The zero-order valence-corrected chi connectivity index (χ0v) is 10.7. The maximum Gasteiger partial charge on any atom is 0.435 e.